The van der Waals surface area contributed by atoms with Crippen molar-refractivity contribution in [3.63, 3.8) is 0 Å². The molecule has 4 heterocycles. The monoisotopic (exact) mass is 630 g/mol. The lowest BCUT2D eigenvalue weighted by Crippen LogP contribution is -2.43. The number of rotatable bonds is 8. The number of halogens is 2. The predicted octanol–water partition coefficient (Wildman–Crippen LogP) is 6.48. The fourth-order valence-corrected chi connectivity index (χ4v) is 5.80. The molecule has 3 aromatic carbocycles. The summed E-state index contributed by atoms with van der Waals surface area (Å²) in [5.41, 5.74) is 5.36. The molecule has 0 radical (unpaired) electrons. The van der Waals surface area contributed by atoms with Crippen molar-refractivity contribution < 1.29 is 13.6 Å². The highest BCUT2D eigenvalue weighted by Crippen LogP contribution is 2.35. The average molecular weight is 631 g/mol. The molecule has 11 heteroatoms. The van der Waals surface area contributed by atoms with E-state index >= 15 is 0 Å². The van der Waals surface area contributed by atoms with Crippen LogP contribution >= 0.6 is 0 Å². The van der Waals surface area contributed by atoms with Gasteiger partial charge < -0.3 is 15.5 Å². The molecule has 47 heavy (non-hydrogen) atoms. The fourth-order valence-electron chi connectivity index (χ4n) is 5.80. The Morgan fingerprint density at radius 2 is 1.62 bits per heavy atom. The van der Waals surface area contributed by atoms with E-state index < -0.39 is 23.1 Å². The summed E-state index contributed by atoms with van der Waals surface area (Å²) in [5, 5.41) is 10.8. The Hall–Kier alpha value is -5.52. The van der Waals surface area contributed by atoms with E-state index in [9.17, 15) is 13.6 Å². The Morgan fingerprint density at radius 1 is 0.851 bits per heavy atom. The summed E-state index contributed by atoms with van der Waals surface area (Å²) in [7, 11) is 2.15. The molecule has 0 spiro atoms. The summed E-state index contributed by atoms with van der Waals surface area (Å²) in [5.74, 6) is -2.31. The zero-order chi connectivity index (χ0) is 32.3. The van der Waals surface area contributed by atoms with Crippen molar-refractivity contribution in [3.05, 3.63) is 126 Å². The van der Waals surface area contributed by atoms with Crippen LogP contribution < -0.4 is 10.6 Å². The molecule has 0 unspecified atom stereocenters. The van der Waals surface area contributed by atoms with Crippen LogP contribution in [0.1, 0.15) is 15.9 Å². The van der Waals surface area contributed by atoms with Crippen molar-refractivity contribution in [1.82, 2.24) is 29.4 Å². The first-order chi connectivity index (χ1) is 22.9. The maximum atomic E-state index is 14.3. The van der Waals surface area contributed by atoms with Gasteiger partial charge in [-0.3, -0.25) is 9.69 Å². The van der Waals surface area contributed by atoms with Crippen LogP contribution in [-0.2, 0) is 6.54 Å². The third kappa shape index (κ3) is 6.57. The van der Waals surface area contributed by atoms with Gasteiger partial charge in [-0.15, -0.1) is 0 Å². The molecule has 9 nitrogen and oxygen atoms in total. The number of likely N-dealkylation sites (N-methyl/N-ethyl adjacent to an activating group) is 1. The standard InChI is InChI=1S/C36H32F2N8O/c1-44-17-19-45(20-18-44)23-24-7-4-9-26(21-24)41-36-39-15-14-30(42-36)33-31-13-2-3-16-46(31)43-34(33)25-8-5-10-27(22-25)40-35(47)32-28(37)11-6-12-29(32)38/h2-16,21-22H,17-20,23H2,1H3,(H,40,47)(H,39,41,42). The lowest BCUT2D eigenvalue weighted by atomic mass is 10.0. The van der Waals surface area contributed by atoms with Gasteiger partial charge in [0.1, 0.15) is 22.9 Å². The quantitative estimate of drug-likeness (QED) is 0.199. The number of fused-ring (bicyclic) bond motifs is 1. The molecular formula is C36H32F2N8O. The van der Waals surface area contributed by atoms with Crippen LogP contribution in [0.25, 0.3) is 28.0 Å². The Morgan fingerprint density at radius 3 is 2.45 bits per heavy atom. The van der Waals surface area contributed by atoms with Crippen molar-refractivity contribution in [2.24, 2.45) is 0 Å². The summed E-state index contributed by atoms with van der Waals surface area (Å²) in [4.78, 5) is 27.0. The first-order valence-corrected chi connectivity index (χ1v) is 15.3. The molecule has 1 aliphatic heterocycles. The lowest BCUT2D eigenvalue weighted by Gasteiger charge is -2.32. The second-order valence-electron chi connectivity index (χ2n) is 11.6. The molecule has 0 atom stereocenters. The minimum Gasteiger partial charge on any atom is -0.324 e. The number of carbonyl (C=O) groups excluding carboxylic acids is 1. The highest BCUT2D eigenvalue weighted by atomic mass is 19.1. The van der Waals surface area contributed by atoms with E-state index in [2.05, 4.69) is 44.6 Å². The van der Waals surface area contributed by atoms with Gasteiger partial charge in [0, 0.05) is 62.1 Å². The summed E-state index contributed by atoms with van der Waals surface area (Å²) in [6.45, 7) is 5.10. The number of pyridine rings is 1. The van der Waals surface area contributed by atoms with Crippen LogP contribution in [0.3, 0.4) is 0 Å². The molecule has 2 N–H and O–H groups in total. The third-order valence-electron chi connectivity index (χ3n) is 8.22. The summed E-state index contributed by atoms with van der Waals surface area (Å²) in [6.07, 6.45) is 3.55. The first-order valence-electron chi connectivity index (χ1n) is 15.3. The van der Waals surface area contributed by atoms with E-state index in [1.165, 1.54) is 11.6 Å². The number of aromatic nitrogens is 4. The zero-order valence-electron chi connectivity index (χ0n) is 25.7. The number of carbonyl (C=O) groups is 1. The number of anilines is 3. The van der Waals surface area contributed by atoms with E-state index in [1.54, 1.807) is 28.9 Å². The second kappa shape index (κ2) is 13.1. The van der Waals surface area contributed by atoms with Crippen molar-refractivity contribution in [1.29, 1.82) is 0 Å². The van der Waals surface area contributed by atoms with Crippen LogP contribution in [0.2, 0.25) is 0 Å². The Kier molecular flexibility index (Phi) is 8.38. The number of hydrogen-bond acceptors (Lipinski definition) is 7. The van der Waals surface area contributed by atoms with Crippen LogP contribution in [0, 0.1) is 11.6 Å². The van der Waals surface area contributed by atoms with E-state index in [1.807, 2.05) is 48.7 Å². The van der Waals surface area contributed by atoms with Crippen LogP contribution in [0.4, 0.5) is 26.1 Å². The molecule has 0 bridgehead atoms. The van der Waals surface area contributed by atoms with Crippen molar-refractivity contribution in [3.8, 4) is 22.5 Å². The molecule has 3 aromatic heterocycles. The first kappa shape index (κ1) is 30.2. The zero-order valence-corrected chi connectivity index (χ0v) is 25.7. The van der Waals surface area contributed by atoms with Gasteiger partial charge in [-0.1, -0.05) is 36.4 Å². The van der Waals surface area contributed by atoms with E-state index in [0.717, 1.165) is 61.6 Å². The van der Waals surface area contributed by atoms with Gasteiger partial charge >= 0.3 is 0 Å². The number of nitrogens with one attached hydrogen (secondary N) is 2. The minimum absolute atomic E-state index is 0.361. The van der Waals surface area contributed by atoms with E-state index in [0.29, 0.717) is 28.6 Å². The Balaban J connectivity index is 1.18. The number of piperazine rings is 1. The molecule has 6 aromatic rings. The van der Waals surface area contributed by atoms with Crippen LogP contribution in [-0.4, -0.2) is 68.5 Å². The van der Waals surface area contributed by atoms with Gasteiger partial charge in [0.15, 0.2) is 0 Å². The summed E-state index contributed by atoms with van der Waals surface area (Å²) in [6, 6.07) is 26.2. The molecule has 1 fully saturated rings. The Labute approximate surface area is 270 Å². The fraction of sp³-hybridized carbons (Fsp3) is 0.167. The van der Waals surface area contributed by atoms with Gasteiger partial charge in [0.2, 0.25) is 5.95 Å². The average Bonchev–Trinajstić information content (AvgIpc) is 3.46. The highest BCUT2D eigenvalue weighted by Gasteiger charge is 2.21. The molecule has 236 valence electrons. The van der Waals surface area contributed by atoms with Gasteiger partial charge in [-0.2, -0.15) is 5.10 Å². The molecular weight excluding hydrogens is 598 g/mol. The molecule has 7 rings (SSSR count). The van der Waals surface area contributed by atoms with Crippen LogP contribution in [0.5, 0.6) is 0 Å². The minimum atomic E-state index is -0.934. The second-order valence-corrected chi connectivity index (χ2v) is 11.6. The van der Waals surface area contributed by atoms with E-state index in [4.69, 9.17) is 10.1 Å². The number of amides is 1. The smallest absolute Gasteiger partial charge is 0.261 e. The lowest BCUT2D eigenvalue weighted by molar-refractivity contribution is 0.101. The van der Waals surface area contributed by atoms with Crippen molar-refractivity contribution >= 4 is 28.7 Å². The molecule has 1 aliphatic rings. The number of benzene rings is 3. The highest BCUT2D eigenvalue weighted by molar-refractivity contribution is 6.05. The SMILES string of the molecule is CN1CCN(Cc2cccc(Nc3nccc(-c4c(-c5cccc(NC(=O)c6c(F)cccc6F)c5)nn5ccccc45)n3)c2)CC1. The van der Waals surface area contributed by atoms with Gasteiger partial charge in [0.25, 0.3) is 5.91 Å². The molecule has 0 aliphatic carbocycles. The van der Waals surface area contributed by atoms with E-state index in [-0.39, 0.29) is 0 Å². The Bertz CT molecular complexity index is 2050. The predicted molar refractivity (Wildman–Crippen MR) is 178 cm³/mol. The van der Waals surface area contributed by atoms with Gasteiger partial charge in [-0.05, 0) is 67.2 Å². The summed E-state index contributed by atoms with van der Waals surface area (Å²) < 4.78 is 30.3. The molecule has 0 saturated carbocycles. The maximum Gasteiger partial charge on any atom is 0.261 e. The largest absolute Gasteiger partial charge is 0.324 e. The van der Waals surface area contributed by atoms with Crippen LogP contribution in [0.15, 0.2) is 103 Å². The van der Waals surface area contributed by atoms with Crippen molar-refractivity contribution in [2.75, 3.05) is 43.9 Å². The number of hydrogen-bond donors (Lipinski definition) is 2. The molecule has 1 saturated heterocycles. The third-order valence-corrected chi connectivity index (χ3v) is 8.22. The number of nitrogens with zero attached hydrogens (tertiary/aromatic N) is 6. The van der Waals surface area contributed by atoms with Gasteiger partial charge in [-0.25, -0.2) is 23.3 Å². The van der Waals surface area contributed by atoms with Crippen molar-refractivity contribution in [2.45, 2.75) is 6.54 Å². The normalized spacial score (nSPS) is 13.9. The maximum absolute atomic E-state index is 14.3. The van der Waals surface area contributed by atoms with Gasteiger partial charge in [0.05, 0.1) is 16.8 Å². The topological polar surface area (TPSA) is 90.7 Å². The summed E-state index contributed by atoms with van der Waals surface area (Å²) >= 11 is 0. The molecule has 1 amide bonds.